The van der Waals surface area contributed by atoms with E-state index in [1.54, 1.807) is 25.1 Å². The number of quaternary nitrogens is 1. The van der Waals surface area contributed by atoms with Crippen LogP contribution < -0.4 is 9.64 Å². The van der Waals surface area contributed by atoms with Gasteiger partial charge in [-0.15, -0.1) is 0 Å². The van der Waals surface area contributed by atoms with E-state index in [1.807, 2.05) is 4.90 Å². The minimum absolute atomic E-state index is 0.110. The average molecular weight is 348 g/mol. The molecule has 0 bridgehead atoms. The number of hydrogen-bond acceptors (Lipinski definition) is 3. The average Bonchev–Trinajstić information content (AvgIpc) is 2.49. The molecule has 0 radical (unpaired) electrons. The molecule has 1 saturated heterocycles. The van der Waals surface area contributed by atoms with Gasteiger partial charge in [0.2, 0.25) is 5.91 Å². The first-order chi connectivity index (χ1) is 10.5. The number of aliphatic hydroxyl groups excluding tert-OH is 1. The molecule has 0 saturated carbocycles. The molecule has 1 fully saturated rings. The van der Waals surface area contributed by atoms with Crippen molar-refractivity contribution in [3.05, 3.63) is 28.2 Å². The Bertz CT molecular complexity index is 520. The van der Waals surface area contributed by atoms with Gasteiger partial charge in [-0.1, -0.05) is 23.2 Å². The molecule has 0 spiro atoms. The molecule has 22 heavy (non-hydrogen) atoms. The molecule has 5 nitrogen and oxygen atoms in total. The molecular weight excluding hydrogens is 327 g/mol. The van der Waals surface area contributed by atoms with Crippen LogP contribution in [0, 0.1) is 0 Å². The van der Waals surface area contributed by atoms with Crippen molar-refractivity contribution in [1.82, 2.24) is 4.90 Å². The Morgan fingerprint density at radius 1 is 1.41 bits per heavy atom. The first kappa shape index (κ1) is 17.3. The second kappa shape index (κ2) is 8.02. The highest BCUT2D eigenvalue weighted by atomic mass is 35.5. The molecular formula is C15H21Cl2N2O3+. The molecule has 2 rings (SSSR count). The van der Waals surface area contributed by atoms with E-state index in [2.05, 4.69) is 0 Å². The van der Waals surface area contributed by atoms with Crippen molar-refractivity contribution in [2.45, 2.75) is 13.0 Å². The predicted octanol–water partition coefficient (Wildman–Crippen LogP) is 0.480. The van der Waals surface area contributed by atoms with Crippen LogP contribution in [0.3, 0.4) is 0 Å². The molecule has 2 N–H and O–H groups in total. The van der Waals surface area contributed by atoms with Gasteiger partial charge in [0.15, 0.2) is 0 Å². The van der Waals surface area contributed by atoms with E-state index < -0.39 is 6.10 Å². The fourth-order valence-electron chi connectivity index (χ4n) is 2.51. The molecule has 1 amide bonds. The normalized spacial score (nSPS) is 17.4. The third kappa shape index (κ3) is 5.02. The molecule has 1 aliphatic heterocycles. The quantitative estimate of drug-likeness (QED) is 0.814. The zero-order valence-corrected chi connectivity index (χ0v) is 14.0. The van der Waals surface area contributed by atoms with Crippen LogP contribution in [-0.4, -0.2) is 61.3 Å². The fraction of sp³-hybridized carbons (Fsp3) is 0.533. The Labute approximate surface area is 140 Å². The minimum atomic E-state index is -0.589. The van der Waals surface area contributed by atoms with Gasteiger partial charge in [0.25, 0.3) is 0 Å². The highest BCUT2D eigenvalue weighted by molar-refractivity contribution is 6.34. The van der Waals surface area contributed by atoms with Gasteiger partial charge in [-0.25, -0.2) is 0 Å². The SMILES string of the molecule is CC(=O)N1CC[NH+](C[C@@H](O)COc2cc(Cl)ccc2Cl)CC1. The minimum Gasteiger partial charge on any atom is -0.489 e. The van der Waals surface area contributed by atoms with E-state index in [9.17, 15) is 9.90 Å². The van der Waals surface area contributed by atoms with Gasteiger partial charge < -0.3 is 19.6 Å². The Kier molecular flexibility index (Phi) is 6.32. The summed E-state index contributed by atoms with van der Waals surface area (Å²) in [4.78, 5) is 14.4. The first-order valence-corrected chi connectivity index (χ1v) is 8.06. The molecule has 7 heteroatoms. The molecule has 0 unspecified atom stereocenters. The summed E-state index contributed by atoms with van der Waals surface area (Å²) in [6, 6.07) is 4.98. The van der Waals surface area contributed by atoms with Crippen molar-refractivity contribution in [2.75, 3.05) is 39.3 Å². The van der Waals surface area contributed by atoms with E-state index in [0.29, 0.717) is 22.3 Å². The first-order valence-electron chi connectivity index (χ1n) is 7.30. The van der Waals surface area contributed by atoms with Crippen molar-refractivity contribution in [3.8, 4) is 5.75 Å². The highest BCUT2D eigenvalue weighted by Crippen LogP contribution is 2.27. The second-order valence-corrected chi connectivity index (χ2v) is 6.34. The Morgan fingerprint density at radius 3 is 2.73 bits per heavy atom. The number of hydrogen-bond donors (Lipinski definition) is 2. The summed E-state index contributed by atoms with van der Waals surface area (Å²) in [5.74, 6) is 0.586. The molecule has 1 aromatic rings. The monoisotopic (exact) mass is 347 g/mol. The van der Waals surface area contributed by atoms with Gasteiger partial charge >= 0.3 is 0 Å². The van der Waals surface area contributed by atoms with Crippen LogP contribution in [0.1, 0.15) is 6.92 Å². The van der Waals surface area contributed by atoms with Crippen molar-refractivity contribution in [1.29, 1.82) is 0 Å². The summed E-state index contributed by atoms with van der Waals surface area (Å²) in [6.45, 7) is 5.49. The van der Waals surface area contributed by atoms with Crippen molar-refractivity contribution in [2.24, 2.45) is 0 Å². The maximum atomic E-state index is 11.3. The maximum absolute atomic E-state index is 11.3. The Morgan fingerprint density at radius 2 is 2.09 bits per heavy atom. The molecule has 1 aliphatic rings. The van der Waals surface area contributed by atoms with Crippen molar-refractivity contribution in [3.63, 3.8) is 0 Å². The summed E-state index contributed by atoms with van der Waals surface area (Å²) in [5, 5.41) is 11.1. The van der Waals surface area contributed by atoms with Crippen molar-refractivity contribution < 1.29 is 19.5 Å². The number of carbonyl (C=O) groups is 1. The number of amides is 1. The Balaban J connectivity index is 1.75. The lowest BCUT2D eigenvalue weighted by Gasteiger charge is -2.32. The molecule has 1 aromatic carbocycles. The molecule has 122 valence electrons. The lowest BCUT2D eigenvalue weighted by atomic mass is 10.2. The number of benzene rings is 1. The van der Waals surface area contributed by atoms with Crippen LogP contribution in [0.15, 0.2) is 18.2 Å². The molecule has 1 heterocycles. The summed E-state index contributed by atoms with van der Waals surface area (Å²) < 4.78 is 5.54. The molecule has 0 aromatic heterocycles. The van der Waals surface area contributed by atoms with E-state index in [-0.39, 0.29) is 12.5 Å². The summed E-state index contributed by atoms with van der Waals surface area (Å²) in [6.07, 6.45) is -0.589. The van der Waals surface area contributed by atoms with E-state index >= 15 is 0 Å². The van der Waals surface area contributed by atoms with Crippen LogP contribution in [0.4, 0.5) is 0 Å². The zero-order chi connectivity index (χ0) is 16.1. The smallest absolute Gasteiger partial charge is 0.219 e. The number of aliphatic hydroxyl groups is 1. The van der Waals surface area contributed by atoms with Crippen LogP contribution in [0.25, 0.3) is 0 Å². The largest absolute Gasteiger partial charge is 0.489 e. The topological polar surface area (TPSA) is 54.2 Å². The highest BCUT2D eigenvalue weighted by Gasteiger charge is 2.23. The lowest BCUT2D eigenvalue weighted by Crippen LogP contribution is -3.15. The number of rotatable bonds is 5. The number of nitrogens with zero attached hydrogens (tertiary/aromatic N) is 1. The van der Waals surface area contributed by atoms with E-state index in [0.717, 1.165) is 26.2 Å². The molecule has 1 atom stereocenters. The summed E-state index contributed by atoms with van der Waals surface area (Å²) >= 11 is 11.9. The number of nitrogens with one attached hydrogen (secondary N) is 1. The van der Waals surface area contributed by atoms with Crippen LogP contribution in [0.5, 0.6) is 5.75 Å². The summed E-state index contributed by atoms with van der Waals surface area (Å²) in [7, 11) is 0. The zero-order valence-electron chi connectivity index (χ0n) is 12.5. The van der Waals surface area contributed by atoms with Gasteiger partial charge in [-0.3, -0.25) is 4.79 Å². The van der Waals surface area contributed by atoms with Gasteiger partial charge in [0.1, 0.15) is 25.0 Å². The van der Waals surface area contributed by atoms with Crippen molar-refractivity contribution >= 4 is 29.1 Å². The number of carbonyl (C=O) groups excluding carboxylic acids is 1. The van der Waals surface area contributed by atoms with Gasteiger partial charge in [0, 0.05) is 18.0 Å². The van der Waals surface area contributed by atoms with Gasteiger partial charge in [-0.05, 0) is 12.1 Å². The maximum Gasteiger partial charge on any atom is 0.219 e. The van der Waals surface area contributed by atoms with Crippen LogP contribution in [0.2, 0.25) is 10.0 Å². The van der Waals surface area contributed by atoms with Gasteiger partial charge in [-0.2, -0.15) is 0 Å². The number of ether oxygens (including phenoxy) is 1. The van der Waals surface area contributed by atoms with E-state index in [1.165, 1.54) is 4.90 Å². The predicted molar refractivity (Wildman–Crippen MR) is 85.8 cm³/mol. The number of piperazine rings is 1. The Hall–Kier alpha value is -1.01. The van der Waals surface area contributed by atoms with Gasteiger partial charge in [0.05, 0.1) is 31.2 Å². The summed E-state index contributed by atoms with van der Waals surface area (Å²) in [5.41, 5.74) is 0. The fourth-order valence-corrected chi connectivity index (χ4v) is 2.84. The standard InChI is InChI=1S/C15H20Cl2N2O3/c1-11(20)19-6-4-18(5-7-19)9-13(21)10-22-15-8-12(16)2-3-14(15)17/h2-3,8,13,21H,4-7,9-10H2,1H3/p+1/t13-/m1/s1. The number of halogens is 2. The molecule has 0 aliphatic carbocycles. The third-order valence-corrected chi connectivity index (χ3v) is 4.31. The van der Waals surface area contributed by atoms with E-state index in [4.69, 9.17) is 27.9 Å². The second-order valence-electron chi connectivity index (χ2n) is 5.50. The van der Waals surface area contributed by atoms with Crippen LogP contribution >= 0.6 is 23.2 Å². The third-order valence-electron chi connectivity index (χ3n) is 3.76. The van der Waals surface area contributed by atoms with Crippen LogP contribution in [-0.2, 0) is 4.79 Å². The lowest BCUT2D eigenvalue weighted by molar-refractivity contribution is -0.907.